The molecule has 3 rings (SSSR count). The Morgan fingerprint density at radius 1 is 0.776 bits per heavy atom. The minimum Gasteiger partial charge on any atom is -0.508 e. The third-order valence-electron chi connectivity index (χ3n) is 12.7. The smallest absolute Gasteiger partial charge is 0.327 e. The first-order chi connectivity index (χ1) is 35.9. The summed E-state index contributed by atoms with van der Waals surface area (Å²) in [5.41, 5.74) is 13.1. The SMILES string of the molecule is C/C=C1\NC(=O)CC[C@H](C(=O)O)NC(=O)[C@@H](C)C(/C=C/C(C)=C/[C@H](C)[C@H](Cc2ccccc2)OC)NC(=O)C(CCCN=C(N)N)NC(=O)[C@@H](C)C(C(=O)O)NC(=O)[C@H](CCc2ccc(O)cc2)NC(=O)[C@@H](C)NC1=O. The minimum absolute atomic E-state index is 0.00654. The van der Waals surface area contributed by atoms with Crippen LogP contribution in [0.5, 0.6) is 5.75 Å². The summed E-state index contributed by atoms with van der Waals surface area (Å²) in [5.74, 6) is -12.7. The van der Waals surface area contributed by atoms with Gasteiger partial charge >= 0.3 is 11.9 Å². The summed E-state index contributed by atoms with van der Waals surface area (Å²) in [6, 6.07) is 6.66. The van der Waals surface area contributed by atoms with E-state index in [-0.39, 0.29) is 61.7 Å². The Labute approximate surface area is 442 Å². The van der Waals surface area contributed by atoms with Crippen LogP contribution in [0.4, 0.5) is 0 Å². The molecule has 1 aliphatic heterocycles. The monoisotopic (exact) mass is 1060 g/mol. The largest absolute Gasteiger partial charge is 0.508 e. The van der Waals surface area contributed by atoms with Crippen LogP contribution in [0.3, 0.4) is 0 Å². The maximum absolute atomic E-state index is 14.5. The highest BCUT2D eigenvalue weighted by Crippen LogP contribution is 2.19. The van der Waals surface area contributed by atoms with E-state index in [1.807, 2.05) is 43.3 Å². The van der Waals surface area contributed by atoms with Crippen molar-refractivity contribution < 1.29 is 63.2 Å². The molecule has 10 atom stereocenters. The highest BCUT2D eigenvalue weighted by Gasteiger charge is 2.37. The number of nitrogens with one attached hydrogen (secondary N) is 7. The highest BCUT2D eigenvalue weighted by atomic mass is 16.5. The normalized spacial score (nSPS) is 24.7. The van der Waals surface area contributed by atoms with E-state index in [9.17, 15) is 58.5 Å². The van der Waals surface area contributed by atoms with E-state index < -0.39 is 114 Å². The van der Waals surface area contributed by atoms with Crippen LogP contribution in [-0.2, 0) is 60.7 Å². The molecule has 0 bridgehead atoms. The molecule has 3 unspecified atom stereocenters. The third-order valence-corrected chi connectivity index (χ3v) is 12.7. The molecule has 414 valence electrons. The molecule has 0 radical (unpaired) electrons. The quantitative estimate of drug-likeness (QED) is 0.0366. The molecule has 0 saturated carbocycles. The number of aromatic hydroxyl groups is 1. The molecular formula is C53H74N10O13. The van der Waals surface area contributed by atoms with Crippen molar-refractivity contribution in [2.75, 3.05) is 13.7 Å². The number of nitrogens with two attached hydrogens (primary N) is 2. The summed E-state index contributed by atoms with van der Waals surface area (Å²) in [4.78, 5) is 126. The molecule has 1 heterocycles. The van der Waals surface area contributed by atoms with Gasteiger partial charge in [-0.25, -0.2) is 9.59 Å². The number of rotatable bonds is 16. The Hall–Kier alpha value is -8.08. The summed E-state index contributed by atoms with van der Waals surface area (Å²) < 4.78 is 5.82. The molecule has 23 nitrogen and oxygen atoms in total. The fourth-order valence-electron chi connectivity index (χ4n) is 8.00. The number of aryl methyl sites for hydroxylation is 1. The number of benzene rings is 2. The lowest BCUT2D eigenvalue weighted by Crippen LogP contribution is -2.59. The number of hydrogen-bond donors (Lipinski definition) is 12. The number of methoxy groups -OCH3 is 1. The zero-order chi connectivity index (χ0) is 56.6. The molecule has 2 aromatic rings. The van der Waals surface area contributed by atoms with Gasteiger partial charge in [-0.3, -0.25) is 38.6 Å². The lowest BCUT2D eigenvalue weighted by Gasteiger charge is -2.28. The number of aliphatic carboxylic acids is 2. The molecular weight excluding hydrogens is 985 g/mol. The number of allylic oxidation sites excluding steroid dienone is 3. The number of carboxylic acids is 2. The molecule has 76 heavy (non-hydrogen) atoms. The molecule has 0 aliphatic carbocycles. The van der Waals surface area contributed by atoms with E-state index >= 15 is 0 Å². The average Bonchev–Trinajstić information content (AvgIpc) is 3.37. The average molecular weight is 1060 g/mol. The van der Waals surface area contributed by atoms with Crippen molar-refractivity contribution in [1.29, 1.82) is 0 Å². The van der Waals surface area contributed by atoms with Crippen LogP contribution in [-0.4, -0.2) is 131 Å². The lowest BCUT2D eigenvalue weighted by atomic mass is 9.94. The number of carbonyl (C=O) groups excluding carboxylic acids is 7. The van der Waals surface area contributed by atoms with Gasteiger partial charge in [0, 0.05) is 26.0 Å². The Morgan fingerprint density at radius 3 is 2.00 bits per heavy atom. The maximum Gasteiger partial charge on any atom is 0.327 e. The first-order valence-electron chi connectivity index (χ1n) is 25.0. The third kappa shape index (κ3) is 20.7. The molecule has 23 heteroatoms. The van der Waals surface area contributed by atoms with E-state index in [0.717, 1.165) is 5.56 Å². The summed E-state index contributed by atoms with van der Waals surface area (Å²) in [6.07, 6.45) is 5.73. The first kappa shape index (κ1) is 62.2. The van der Waals surface area contributed by atoms with Crippen molar-refractivity contribution in [3.8, 4) is 5.75 Å². The van der Waals surface area contributed by atoms with Gasteiger partial charge in [-0.1, -0.05) is 93.1 Å². The van der Waals surface area contributed by atoms with Crippen LogP contribution in [0.25, 0.3) is 0 Å². The van der Waals surface area contributed by atoms with E-state index in [4.69, 9.17) is 16.2 Å². The number of hydrogen-bond acceptors (Lipinski definition) is 12. The molecule has 1 fully saturated rings. The second-order valence-corrected chi connectivity index (χ2v) is 18.7. The predicted molar refractivity (Wildman–Crippen MR) is 281 cm³/mol. The maximum atomic E-state index is 14.5. The highest BCUT2D eigenvalue weighted by molar-refractivity contribution is 6.01. The van der Waals surface area contributed by atoms with Crippen molar-refractivity contribution in [3.05, 3.63) is 101 Å². The van der Waals surface area contributed by atoms with Gasteiger partial charge in [-0.15, -0.1) is 0 Å². The van der Waals surface area contributed by atoms with E-state index in [2.05, 4.69) is 42.2 Å². The number of carbonyl (C=O) groups is 9. The fourth-order valence-corrected chi connectivity index (χ4v) is 8.00. The van der Waals surface area contributed by atoms with Crippen molar-refractivity contribution in [1.82, 2.24) is 37.2 Å². The summed E-state index contributed by atoms with van der Waals surface area (Å²) >= 11 is 0. The van der Waals surface area contributed by atoms with E-state index in [0.29, 0.717) is 17.6 Å². The Kier molecular flexibility index (Phi) is 25.3. The number of amides is 7. The van der Waals surface area contributed by atoms with Crippen molar-refractivity contribution >= 4 is 59.2 Å². The summed E-state index contributed by atoms with van der Waals surface area (Å²) in [6.45, 7) is 9.10. The van der Waals surface area contributed by atoms with Gasteiger partial charge in [0.15, 0.2) is 5.96 Å². The molecule has 7 amide bonds. The molecule has 1 saturated heterocycles. The van der Waals surface area contributed by atoms with Crippen LogP contribution in [0.2, 0.25) is 0 Å². The van der Waals surface area contributed by atoms with Crippen molar-refractivity contribution in [2.24, 2.45) is 34.2 Å². The zero-order valence-corrected chi connectivity index (χ0v) is 44.0. The number of phenols is 1. The summed E-state index contributed by atoms with van der Waals surface area (Å²) in [5, 5.41) is 47.9. The summed E-state index contributed by atoms with van der Waals surface area (Å²) in [7, 11) is 1.61. The molecule has 0 aromatic heterocycles. The Morgan fingerprint density at radius 2 is 1.39 bits per heavy atom. The number of carboxylic acid groups (broad SMARTS) is 2. The van der Waals surface area contributed by atoms with Gasteiger partial charge < -0.3 is 68.7 Å². The molecule has 1 aliphatic rings. The van der Waals surface area contributed by atoms with E-state index in [1.165, 1.54) is 52.0 Å². The van der Waals surface area contributed by atoms with Crippen molar-refractivity contribution in [2.45, 2.75) is 129 Å². The zero-order valence-electron chi connectivity index (χ0n) is 44.0. The van der Waals surface area contributed by atoms with Crippen molar-refractivity contribution in [3.63, 3.8) is 0 Å². The Bertz CT molecular complexity index is 2480. The van der Waals surface area contributed by atoms with Gasteiger partial charge in [0.1, 0.15) is 41.7 Å². The standard InChI is InChI=1S/C53H74N10O13/c1-8-37-48(69)57-33(6)47(68)61-40(23-19-34-17-20-36(64)21-18-34)50(71)63-44(52(74)75)32(5)46(67)60-39(15-12-26-56-53(54)55)49(70)59-38(31(4)45(66)62-41(51(72)73)24-25-43(65)58-37)22-16-29(2)27-30(3)42(76-7)28-35-13-10-9-11-14-35/h8-11,13-14,16-18,20-22,27,30-33,38-42,44,64H,12,15,19,23-26,28H2,1-7H3,(H,57,69)(H,58,65)(H,59,70)(H,60,67)(H,61,68)(H,62,66)(H,63,71)(H,72,73)(H,74,75)(H4,54,55,56)/b22-16+,29-27+,37-8-/t30-,31-,32-,33+,38?,39?,40-,41+,42-,44?/m0/s1. The van der Waals surface area contributed by atoms with E-state index in [1.54, 1.807) is 32.2 Å². The minimum atomic E-state index is -1.94. The molecule has 14 N–H and O–H groups in total. The Balaban J connectivity index is 2.13. The second-order valence-electron chi connectivity index (χ2n) is 18.7. The first-order valence-corrected chi connectivity index (χ1v) is 25.0. The number of guanidine groups is 1. The molecule has 0 spiro atoms. The number of ether oxygens (including phenoxy) is 1. The molecule has 2 aromatic carbocycles. The van der Waals surface area contributed by atoms with Gasteiger partial charge in [0.2, 0.25) is 35.4 Å². The van der Waals surface area contributed by atoms with Gasteiger partial charge in [0.05, 0.1) is 24.0 Å². The lowest BCUT2D eigenvalue weighted by molar-refractivity contribution is -0.146. The number of nitrogens with zero attached hydrogens (tertiary/aromatic N) is 1. The van der Waals surface area contributed by atoms with Crippen LogP contribution < -0.4 is 48.7 Å². The topological polar surface area (TPSA) is 372 Å². The van der Waals surface area contributed by atoms with Crippen LogP contribution >= 0.6 is 0 Å². The van der Waals surface area contributed by atoms with Gasteiger partial charge in [-0.05, 0) is 82.6 Å². The number of phenolic OH excluding ortho intramolecular Hbond substituents is 1. The van der Waals surface area contributed by atoms with Crippen LogP contribution in [0, 0.1) is 17.8 Å². The fraction of sp³-hybridized carbons (Fsp3) is 0.472. The van der Waals surface area contributed by atoms with Gasteiger partial charge in [-0.2, -0.15) is 0 Å². The number of aliphatic imine (C=N–C) groups is 1. The second kappa shape index (κ2) is 31.0. The van der Waals surface area contributed by atoms with Gasteiger partial charge in [0.25, 0.3) is 5.91 Å². The van der Waals surface area contributed by atoms with Crippen LogP contribution in [0.1, 0.15) is 84.8 Å². The van der Waals surface area contributed by atoms with Crippen LogP contribution in [0.15, 0.2) is 95.2 Å². The predicted octanol–water partition coefficient (Wildman–Crippen LogP) is 0.959.